The van der Waals surface area contributed by atoms with Crippen molar-refractivity contribution in [2.45, 2.75) is 57.8 Å². The Morgan fingerprint density at radius 3 is 2.80 bits per heavy atom. The molecule has 0 aromatic carbocycles. The minimum atomic E-state index is -0.406. The van der Waals surface area contributed by atoms with Gasteiger partial charge in [-0.15, -0.1) is 5.10 Å². The summed E-state index contributed by atoms with van der Waals surface area (Å²) in [5.74, 6) is 0.871. The van der Waals surface area contributed by atoms with Gasteiger partial charge in [0.2, 0.25) is 0 Å². The summed E-state index contributed by atoms with van der Waals surface area (Å²) in [5.41, 5.74) is 0.906. The molecule has 0 aliphatic carbocycles. The molecule has 3 heterocycles. The number of nitrogens with zero attached hydrogens (tertiary/aromatic N) is 3. The van der Waals surface area contributed by atoms with Crippen molar-refractivity contribution in [2.75, 3.05) is 31.6 Å². The van der Waals surface area contributed by atoms with Gasteiger partial charge in [-0.25, -0.2) is 0 Å². The van der Waals surface area contributed by atoms with Gasteiger partial charge in [-0.2, -0.15) is 5.10 Å². The molecule has 1 amide bonds. The summed E-state index contributed by atoms with van der Waals surface area (Å²) in [6.07, 6.45) is 3.67. The van der Waals surface area contributed by atoms with Crippen molar-refractivity contribution in [1.29, 1.82) is 0 Å². The number of hydrogen-bond donors (Lipinski definition) is 1. The molecule has 0 radical (unpaired) electrons. The lowest BCUT2D eigenvalue weighted by Gasteiger charge is -2.34. The number of aromatic nitrogens is 2. The normalized spacial score (nSPS) is 22.8. The molecule has 2 atom stereocenters. The van der Waals surface area contributed by atoms with E-state index in [-0.39, 0.29) is 12.0 Å². The van der Waals surface area contributed by atoms with E-state index >= 15 is 0 Å². The average molecular weight is 348 g/mol. The van der Waals surface area contributed by atoms with Crippen LogP contribution in [-0.4, -0.2) is 65.6 Å². The molecule has 0 saturated carbocycles. The Hall–Kier alpha value is -1.73. The Bertz CT molecular complexity index is 552. The largest absolute Gasteiger partial charge is 0.376 e. The van der Waals surface area contributed by atoms with Crippen molar-refractivity contribution in [3.8, 4) is 0 Å². The van der Waals surface area contributed by atoms with Gasteiger partial charge in [-0.05, 0) is 51.7 Å². The molecule has 2 fully saturated rings. The van der Waals surface area contributed by atoms with Crippen molar-refractivity contribution < 1.29 is 14.3 Å². The van der Waals surface area contributed by atoms with Gasteiger partial charge in [0.25, 0.3) is 5.91 Å². The molecule has 7 heteroatoms. The zero-order valence-corrected chi connectivity index (χ0v) is 15.1. The zero-order chi connectivity index (χ0) is 17.6. The number of amides is 1. The van der Waals surface area contributed by atoms with Crippen molar-refractivity contribution in [3.05, 3.63) is 17.8 Å². The maximum Gasteiger partial charge on any atom is 0.251 e. The van der Waals surface area contributed by atoms with E-state index in [1.807, 2.05) is 30.9 Å². The Kier molecular flexibility index (Phi) is 6.20. The molecule has 2 aliphatic heterocycles. The fourth-order valence-electron chi connectivity index (χ4n) is 3.29. The molecular formula is C18H28N4O3. The van der Waals surface area contributed by atoms with Gasteiger partial charge in [0.15, 0.2) is 0 Å². The van der Waals surface area contributed by atoms with Crippen molar-refractivity contribution in [1.82, 2.24) is 15.1 Å². The highest BCUT2D eigenvalue weighted by atomic mass is 16.5. The highest BCUT2D eigenvalue weighted by molar-refractivity contribution is 5.80. The molecule has 7 nitrogen and oxygen atoms in total. The lowest BCUT2D eigenvalue weighted by molar-refractivity contribution is -0.145. The molecule has 3 rings (SSSR count). The summed E-state index contributed by atoms with van der Waals surface area (Å²) in [5, 5.41) is 11.6. The fourth-order valence-corrected chi connectivity index (χ4v) is 3.29. The van der Waals surface area contributed by atoms with Crippen LogP contribution >= 0.6 is 0 Å². The van der Waals surface area contributed by atoms with E-state index in [0.717, 1.165) is 56.9 Å². The number of rotatable bonds is 6. The number of ether oxygens (including phenoxy) is 2. The third-order valence-electron chi connectivity index (χ3n) is 4.86. The quantitative estimate of drug-likeness (QED) is 0.844. The van der Waals surface area contributed by atoms with Crippen LogP contribution in [0.25, 0.3) is 0 Å². The second-order valence-corrected chi connectivity index (χ2v) is 6.91. The van der Waals surface area contributed by atoms with Crippen molar-refractivity contribution >= 4 is 11.7 Å². The maximum atomic E-state index is 12.5. The summed E-state index contributed by atoms with van der Waals surface area (Å²) in [7, 11) is 0. The Morgan fingerprint density at radius 2 is 2.16 bits per heavy atom. The SMILES string of the molecule is Cc1ccc(NC2CCN(C(=O)[C@H](C)OC[C@H]3CCCO3)CC2)nn1. The zero-order valence-electron chi connectivity index (χ0n) is 15.1. The van der Waals surface area contributed by atoms with Crippen LogP contribution in [-0.2, 0) is 14.3 Å². The molecule has 1 N–H and O–H groups in total. The van der Waals surface area contributed by atoms with Crippen LogP contribution in [0.15, 0.2) is 12.1 Å². The van der Waals surface area contributed by atoms with Crippen LogP contribution in [0.4, 0.5) is 5.82 Å². The van der Waals surface area contributed by atoms with Gasteiger partial charge in [-0.1, -0.05) is 0 Å². The topological polar surface area (TPSA) is 76.6 Å². The number of hydrogen-bond acceptors (Lipinski definition) is 6. The van der Waals surface area contributed by atoms with Crippen LogP contribution in [0.3, 0.4) is 0 Å². The van der Waals surface area contributed by atoms with Crippen LogP contribution < -0.4 is 5.32 Å². The minimum Gasteiger partial charge on any atom is -0.376 e. The molecule has 0 spiro atoms. The second kappa shape index (κ2) is 8.58. The molecule has 0 bridgehead atoms. The van der Waals surface area contributed by atoms with Crippen LogP contribution in [0, 0.1) is 6.92 Å². The number of carbonyl (C=O) groups excluding carboxylic acids is 1. The van der Waals surface area contributed by atoms with Crippen LogP contribution in [0.5, 0.6) is 0 Å². The van der Waals surface area contributed by atoms with E-state index in [2.05, 4.69) is 15.5 Å². The van der Waals surface area contributed by atoms with Gasteiger partial charge in [0.1, 0.15) is 11.9 Å². The van der Waals surface area contributed by atoms with E-state index in [9.17, 15) is 4.79 Å². The Labute approximate surface area is 149 Å². The standard InChI is InChI=1S/C18H28N4O3/c1-13-5-6-17(21-20-13)19-15-7-9-22(10-8-15)18(23)14(2)25-12-16-4-3-11-24-16/h5-6,14-16H,3-4,7-12H2,1-2H3,(H,19,21)/t14-,16+/m0/s1. The lowest BCUT2D eigenvalue weighted by Crippen LogP contribution is -2.46. The predicted octanol–water partition coefficient (Wildman–Crippen LogP) is 1.77. The highest BCUT2D eigenvalue weighted by Crippen LogP contribution is 2.17. The summed E-state index contributed by atoms with van der Waals surface area (Å²) < 4.78 is 11.3. The van der Waals surface area contributed by atoms with Crippen molar-refractivity contribution in [3.63, 3.8) is 0 Å². The third-order valence-corrected chi connectivity index (χ3v) is 4.86. The first-order valence-corrected chi connectivity index (χ1v) is 9.20. The Morgan fingerprint density at radius 1 is 1.36 bits per heavy atom. The molecule has 1 aromatic heterocycles. The smallest absolute Gasteiger partial charge is 0.251 e. The van der Waals surface area contributed by atoms with Crippen LogP contribution in [0.1, 0.15) is 38.3 Å². The van der Waals surface area contributed by atoms with E-state index < -0.39 is 6.10 Å². The van der Waals surface area contributed by atoms with Crippen molar-refractivity contribution in [2.24, 2.45) is 0 Å². The number of aryl methyl sites for hydroxylation is 1. The van der Waals surface area contributed by atoms with E-state index in [4.69, 9.17) is 9.47 Å². The highest BCUT2D eigenvalue weighted by Gasteiger charge is 2.27. The first-order valence-electron chi connectivity index (χ1n) is 9.20. The predicted molar refractivity (Wildman–Crippen MR) is 94.4 cm³/mol. The van der Waals surface area contributed by atoms with Gasteiger partial charge in [0, 0.05) is 25.7 Å². The molecule has 0 unspecified atom stereocenters. The van der Waals surface area contributed by atoms with Gasteiger partial charge >= 0.3 is 0 Å². The number of nitrogens with one attached hydrogen (secondary N) is 1. The minimum absolute atomic E-state index is 0.0755. The summed E-state index contributed by atoms with van der Waals surface area (Å²) >= 11 is 0. The summed E-state index contributed by atoms with van der Waals surface area (Å²) in [4.78, 5) is 14.4. The first-order chi connectivity index (χ1) is 12.1. The van der Waals surface area contributed by atoms with Gasteiger partial charge in [0.05, 0.1) is 18.4 Å². The number of carbonyl (C=O) groups is 1. The van der Waals surface area contributed by atoms with E-state index in [1.165, 1.54) is 0 Å². The maximum absolute atomic E-state index is 12.5. The van der Waals surface area contributed by atoms with Gasteiger partial charge < -0.3 is 19.7 Å². The molecular weight excluding hydrogens is 320 g/mol. The summed E-state index contributed by atoms with van der Waals surface area (Å²) in [6.45, 7) is 6.55. The summed E-state index contributed by atoms with van der Waals surface area (Å²) in [6, 6.07) is 4.21. The van der Waals surface area contributed by atoms with E-state index in [0.29, 0.717) is 12.6 Å². The fraction of sp³-hybridized carbons (Fsp3) is 0.722. The first kappa shape index (κ1) is 18.1. The van der Waals surface area contributed by atoms with Gasteiger partial charge in [-0.3, -0.25) is 4.79 Å². The van der Waals surface area contributed by atoms with Crippen LogP contribution in [0.2, 0.25) is 0 Å². The van der Waals surface area contributed by atoms with E-state index in [1.54, 1.807) is 0 Å². The number of likely N-dealkylation sites (tertiary alicyclic amines) is 1. The monoisotopic (exact) mass is 348 g/mol. The second-order valence-electron chi connectivity index (χ2n) is 6.91. The third kappa shape index (κ3) is 5.12. The molecule has 25 heavy (non-hydrogen) atoms. The number of piperidine rings is 1. The Balaban J connectivity index is 1.39. The molecule has 1 aromatic rings. The molecule has 2 aliphatic rings. The molecule has 2 saturated heterocycles. The average Bonchev–Trinajstić information content (AvgIpc) is 3.15. The molecule has 138 valence electrons. The number of anilines is 1. The lowest BCUT2D eigenvalue weighted by atomic mass is 10.0.